The van der Waals surface area contributed by atoms with Gasteiger partial charge in [0, 0.05) is 7.05 Å². The molecule has 1 unspecified atom stereocenters. The molecule has 0 spiro atoms. The quantitative estimate of drug-likeness (QED) is 0.624. The third-order valence-electron chi connectivity index (χ3n) is 4.93. The van der Waals surface area contributed by atoms with Crippen molar-refractivity contribution in [1.82, 2.24) is 19.7 Å². The molecule has 0 aliphatic rings. The number of carbonyl (C=O) groups is 1. The molecule has 1 atom stereocenters. The van der Waals surface area contributed by atoms with Crippen LogP contribution in [-0.2, 0) is 4.79 Å². The van der Waals surface area contributed by atoms with E-state index in [0.29, 0.717) is 5.92 Å². The Bertz CT molecular complexity index is 905. The molecule has 3 rings (SSSR count). The van der Waals surface area contributed by atoms with Crippen LogP contribution in [0.5, 0.6) is 5.75 Å². The highest BCUT2D eigenvalue weighted by Crippen LogP contribution is 2.26. The molecule has 0 N–H and O–H groups in total. The number of benzene rings is 2. The molecular weight excluding hydrogens is 352 g/mol. The van der Waals surface area contributed by atoms with Crippen LogP contribution in [0.4, 0.5) is 0 Å². The maximum atomic E-state index is 12.6. The van der Waals surface area contributed by atoms with Gasteiger partial charge < -0.3 is 9.64 Å². The Labute approximate surface area is 165 Å². The van der Waals surface area contributed by atoms with Crippen molar-refractivity contribution in [3.05, 3.63) is 72.3 Å². The Morgan fingerprint density at radius 3 is 2.46 bits per heavy atom. The van der Waals surface area contributed by atoms with Gasteiger partial charge in [-0.3, -0.25) is 4.79 Å². The lowest BCUT2D eigenvalue weighted by atomic mass is 10.0. The molecule has 6 heteroatoms. The standard InChI is InChI=1S/C22H26N4O2/c1-16(2)20-7-5-6-8-21(20)28-13-22(27)25(4)17(3)18-9-11-19(12-10-18)26-15-23-14-24-26/h5-12,14-17H,13H2,1-4H3. The molecule has 0 radical (unpaired) electrons. The van der Waals surface area contributed by atoms with Crippen molar-refractivity contribution in [2.75, 3.05) is 13.7 Å². The first-order valence-corrected chi connectivity index (χ1v) is 9.39. The number of hydrogen-bond acceptors (Lipinski definition) is 4. The van der Waals surface area contributed by atoms with Crippen LogP contribution in [0.3, 0.4) is 0 Å². The number of hydrogen-bond donors (Lipinski definition) is 0. The number of carbonyl (C=O) groups excluding carboxylic acids is 1. The molecule has 28 heavy (non-hydrogen) atoms. The predicted molar refractivity (Wildman–Crippen MR) is 109 cm³/mol. The van der Waals surface area contributed by atoms with Gasteiger partial charge in [0.1, 0.15) is 18.4 Å². The van der Waals surface area contributed by atoms with Gasteiger partial charge in [-0.25, -0.2) is 9.67 Å². The summed E-state index contributed by atoms with van der Waals surface area (Å²) in [6, 6.07) is 15.7. The smallest absolute Gasteiger partial charge is 0.260 e. The summed E-state index contributed by atoms with van der Waals surface area (Å²) in [5, 5.41) is 4.12. The maximum Gasteiger partial charge on any atom is 0.260 e. The largest absolute Gasteiger partial charge is 0.483 e. The zero-order chi connectivity index (χ0) is 20.1. The summed E-state index contributed by atoms with van der Waals surface area (Å²) in [5.74, 6) is 1.04. The number of ether oxygens (including phenoxy) is 1. The van der Waals surface area contributed by atoms with E-state index in [9.17, 15) is 4.79 Å². The minimum Gasteiger partial charge on any atom is -0.483 e. The second kappa shape index (κ2) is 8.69. The van der Waals surface area contributed by atoms with Gasteiger partial charge in [-0.15, -0.1) is 0 Å². The molecule has 146 valence electrons. The number of nitrogens with zero attached hydrogens (tertiary/aromatic N) is 4. The van der Waals surface area contributed by atoms with Crippen LogP contribution >= 0.6 is 0 Å². The highest BCUT2D eigenvalue weighted by molar-refractivity contribution is 5.78. The lowest BCUT2D eigenvalue weighted by molar-refractivity contribution is -0.134. The summed E-state index contributed by atoms with van der Waals surface area (Å²) in [6.45, 7) is 6.24. The number of likely N-dealkylation sites (N-methyl/N-ethyl adjacent to an activating group) is 1. The summed E-state index contributed by atoms with van der Waals surface area (Å²) < 4.78 is 7.52. The molecule has 6 nitrogen and oxygen atoms in total. The van der Waals surface area contributed by atoms with Crippen molar-refractivity contribution in [3.8, 4) is 11.4 Å². The molecule has 0 fully saturated rings. The highest BCUT2D eigenvalue weighted by Gasteiger charge is 2.19. The summed E-state index contributed by atoms with van der Waals surface area (Å²) in [7, 11) is 1.80. The molecule has 2 aromatic carbocycles. The fourth-order valence-electron chi connectivity index (χ4n) is 3.02. The average Bonchev–Trinajstić information content (AvgIpc) is 3.26. The van der Waals surface area contributed by atoms with Crippen molar-refractivity contribution in [2.45, 2.75) is 32.7 Å². The van der Waals surface area contributed by atoms with Gasteiger partial charge in [0.05, 0.1) is 11.7 Å². The van der Waals surface area contributed by atoms with Gasteiger partial charge in [-0.2, -0.15) is 5.10 Å². The van der Waals surface area contributed by atoms with E-state index in [-0.39, 0.29) is 18.6 Å². The average molecular weight is 378 g/mol. The van der Waals surface area contributed by atoms with Gasteiger partial charge in [0.15, 0.2) is 6.61 Å². The molecular formula is C22H26N4O2. The lowest BCUT2D eigenvalue weighted by Crippen LogP contribution is -2.33. The van der Waals surface area contributed by atoms with E-state index in [0.717, 1.165) is 22.6 Å². The van der Waals surface area contributed by atoms with E-state index in [1.165, 1.54) is 6.33 Å². The van der Waals surface area contributed by atoms with Crippen molar-refractivity contribution in [3.63, 3.8) is 0 Å². The van der Waals surface area contributed by atoms with Crippen LogP contribution in [0.1, 0.15) is 43.9 Å². The van der Waals surface area contributed by atoms with E-state index in [4.69, 9.17) is 4.74 Å². The Balaban J connectivity index is 1.63. The molecule has 1 aromatic heterocycles. The highest BCUT2D eigenvalue weighted by atomic mass is 16.5. The Morgan fingerprint density at radius 2 is 1.82 bits per heavy atom. The molecule has 3 aromatic rings. The van der Waals surface area contributed by atoms with Crippen LogP contribution in [0, 0.1) is 0 Å². The molecule has 0 saturated carbocycles. The summed E-state index contributed by atoms with van der Waals surface area (Å²) in [6.07, 6.45) is 3.15. The molecule has 0 bridgehead atoms. The summed E-state index contributed by atoms with van der Waals surface area (Å²) in [4.78, 5) is 18.3. The number of amides is 1. The van der Waals surface area contributed by atoms with Crippen molar-refractivity contribution in [1.29, 1.82) is 0 Å². The molecule has 0 aliphatic heterocycles. The van der Waals surface area contributed by atoms with Crippen LogP contribution in [0.25, 0.3) is 5.69 Å². The fraction of sp³-hybridized carbons (Fsp3) is 0.318. The Kier molecular flexibility index (Phi) is 6.09. The van der Waals surface area contributed by atoms with E-state index >= 15 is 0 Å². The van der Waals surface area contributed by atoms with E-state index in [1.807, 2.05) is 55.5 Å². The maximum absolute atomic E-state index is 12.6. The van der Waals surface area contributed by atoms with Gasteiger partial charge in [-0.05, 0) is 42.2 Å². The van der Waals surface area contributed by atoms with E-state index in [1.54, 1.807) is 23.0 Å². The predicted octanol–water partition coefficient (Wildman–Crippen LogP) is 3.99. The SMILES string of the molecule is CC(C)c1ccccc1OCC(=O)N(C)C(C)c1ccc(-n2cncn2)cc1. The van der Waals surface area contributed by atoms with Crippen molar-refractivity contribution in [2.24, 2.45) is 0 Å². The Morgan fingerprint density at radius 1 is 1.11 bits per heavy atom. The number of rotatable bonds is 7. The number of aromatic nitrogens is 3. The first-order chi connectivity index (χ1) is 13.5. The normalized spacial score (nSPS) is 12.0. The first-order valence-electron chi connectivity index (χ1n) is 9.39. The summed E-state index contributed by atoms with van der Waals surface area (Å²) >= 11 is 0. The minimum absolute atomic E-state index is 0.0155. The molecule has 1 heterocycles. The van der Waals surface area contributed by atoms with Crippen molar-refractivity contribution < 1.29 is 9.53 Å². The Hall–Kier alpha value is -3.15. The fourth-order valence-corrected chi connectivity index (χ4v) is 3.02. The van der Waals surface area contributed by atoms with Gasteiger partial charge >= 0.3 is 0 Å². The van der Waals surface area contributed by atoms with Crippen LogP contribution in [0.15, 0.2) is 61.2 Å². The molecule has 0 aliphatic carbocycles. The molecule has 0 saturated heterocycles. The number of para-hydroxylation sites is 1. The summed E-state index contributed by atoms with van der Waals surface area (Å²) in [5.41, 5.74) is 3.08. The van der Waals surface area contributed by atoms with Gasteiger partial charge in [-0.1, -0.05) is 44.2 Å². The lowest BCUT2D eigenvalue weighted by Gasteiger charge is -2.26. The third kappa shape index (κ3) is 4.39. The van der Waals surface area contributed by atoms with E-state index < -0.39 is 0 Å². The second-order valence-electron chi connectivity index (χ2n) is 7.09. The zero-order valence-corrected chi connectivity index (χ0v) is 16.7. The second-order valence-corrected chi connectivity index (χ2v) is 7.09. The van der Waals surface area contributed by atoms with E-state index in [2.05, 4.69) is 23.9 Å². The topological polar surface area (TPSA) is 60.2 Å². The monoisotopic (exact) mass is 378 g/mol. The van der Waals surface area contributed by atoms with Crippen molar-refractivity contribution >= 4 is 5.91 Å². The van der Waals surface area contributed by atoms with Crippen LogP contribution in [-0.4, -0.2) is 39.2 Å². The van der Waals surface area contributed by atoms with Crippen LogP contribution in [0.2, 0.25) is 0 Å². The zero-order valence-electron chi connectivity index (χ0n) is 16.7. The minimum atomic E-state index is -0.0683. The first kappa shape index (κ1) is 19.6. The molecule has 1 amide bonds. The van der Waals surface area contributed by atoms with Crippen LogP contribution < -0.4 is 4.74 Å². The third-order valence-corrected chi connectivity index (χ3v) is 4.93. The van der Waals surface area contributed by atoms with Gasteiger partial charge in [0.2, 0.25) is 0 Å². The van der Waals surface area contributed by atoms with Gasteiger partial charge in [0.25, 0.3) is 5.91 Å².